The highest BCUT2D eigenvalue weighted by Gasteiger charge is 2.03. The van der Waals surface area contributed by atoms with E-state index < -0.39 is 0 Å². The van der Waals surface area contributed by atoms with Gasteiger partial charge in [-0.3, -0.25) is 0 Å². The van der Waals surface area contributed by atoms with Crippen molar-refractivity contribution < 1.29 is 14.2 Å². The highest BCUT2D eigenvalue weighted by molar-refractivity contribution is 5.56. The van der Waals surface area contributed by atoms with Crippen molar-refractivity contribution in [3.8, 4) is 17.2 Å². The Kier molecular flexibility index (Phi) is 4.13. The lowest BCUT2D eigenvalue weighted by atomic mass is 10.2. The zero-order valence-electron chi connectivity index (χ0n) is 11.1. The van der Waals surface area contributed by atoms with Crippen LogP contribution in [0.25, 0.3) is 0 Å². The highest BCUT2D eigenvalue weighted by Crippen LogP contribution is 2.27. The molecule has 0 aliphatic heterocycles. The zero-order valence-corrected chi connectivity index (χ0v) is 11.1. The van der Waals surface area contributed by atoms with Crippen LogP contribution >= 0.6 is 0 Å². The molecule has 0 radical (unpaired) electrons. The Hall–Kier alpha value is -2.36. The number of hydrogen-bond acceptors (Lipinski definition) is 4. The summed E-state index contributed by atoms with van der Waals surface area (Å²) < 4.78 is 15.9. The van der Waals surface area contributed by atoms with E-state index in [4.69, 9.17) is 19.9 Å². The Morgan fingerprint density at radius 3 is 2.37 bits per heavy atom. The molecule has 0 fully saturated rings. The van der Waals surface area contributed by atoms with Crippen LogP contribution in [0.4, 0.5) is 5.69 Å². The molecule has 19 heavy (non-hydrogen) atoms. The van der Waals surface area contributed by atoms with E-state index in [1.54, 1.807) is 26.4 Å². The molecule has 0 spiro atoms. The quantitative estimate of drug-likeness (QED) is 0.839. The molecule has 0 atom stereocenters. The van der Waals surface area contributed by atoms with Gasteiger partial charge < -0.3 is 19.9 Å². The summed E-state index contributed by atoms with van der Waals surface area (Å²) >= 11 is 0. The summed E-state index contributed by atoms with van der Waals surface area (Å²) in [5.41, 5.74) is 7.47. The molecular weight excluding hydrogens is 242 g/mol. The van der Waals surface area contributed by atoms with Gasteiger partial charge in [0.05, 0.1) is 19.9 Å². The maximum absolute atomic E-state index is 5.89. The van der Waals surface area contributed by atoms with Crippen molar-refractivity contribution in [1.82, 2.24) is 0 Å². The smallest absolute Gasteiger partial charge is 0.142 e. The van der Waals surface area contributed by atoms with Crippen molar-refractivity contribution in [3.63, 3.8) is 0 Å². The third-order valence-electron chi connectivity index (χ3n) is 2.75. The minimum atomic E-state index is 0.438. The van der Waals surface area contributed by atoms with E-state index in [0.29, 0.717) is 23.8 Å². The Morgan fingerprint density at radius 2 is 1.68 bits per heavy atom. The van der Waals surface area contributed by atoms with Gasteiger partial charge >= 0.3 is 0 Å². The van der Waals surface area contributed by atoms with Gasteiger partial charge in [0.15, 0.2) is 0 Å². The van der Waals surface area contributed by atoms with Crippen LogP contribution in [0.5, 0.6) is 17.2 Å². The third-order valence-corrected chi connectivity index (χ3v) is 2.75. The number of hydrogen-bond donors (Lipinski definition) is 1. The summed E-state index contributed by atoms with van der Waals surface area (Å²) in [6, 6.07) is 13.1. The summed E-state index contributed by atoms with van der Waals surface area (Å²) in [5, 5.41) is 0. The van der Waals surface area contributed by atoms with Gasteiger partial charge in [-0.25, -0.2) is 0 Å². The van der Waals surface area contributed by atoms with E-state index in [0.717, 1.165) is 11.3 Å². The van der Waals surface area contributed by atoms with E-state index >= 15 is 0 Å². The first kappa shape index (κ1) is 13.1. The monoisotopic (exact) mass is 259 g/mol. The van der Waals surface area contributed by atoms with Crippen molar-refractivity contribution in [2.75, 3.05) is 20.0 Å². The minimum absolute atomic E-state index is 0.438. The molecule has 0 amide bonds. The molecule has 0 heterocycles. The Balaban J connectivity index is 2.05. The molecule has 0 bridgehead atoms. The van der Waals surface area contributed by atoms with Crippen LogP contribution in [0.15, 0.2) is 42.5 Å². The normalized spacial score (nSPS) is 10.0. The second-order valence-electron chi connectivity index (χ2n) is 4.04. The Bertz CT molecular complexity index is 555. The summed E-state index contributed by atoms with van der Waals surface area (Å²) in [6.45, 7) is 0.438. The summed E-state index contributed by atoms with van der Waals surface area (Å²) in [4.78, 5) is 0. The van der Waals surface area contributed by atoms with Gasteiger partial charge in [0.25, 0.3) is 0 Å². The highest BCUT2D eigenvalue weighted by atomic mass is 16.5. The SMILES string of the molecule is COc1cccc(COc2ccc(OC)cc2N)c1. The van der Waals surface area contributed by atoms with E-state index in [1.807, 2.05) is 30.3 Å². The van der Waals surface area contributed by atoms with Crippen molar-refractivity contribution >= 4 is 5.69 Å². The summed E-state index contributed by atoms with van der Waals surface area (Å²) in [6.07, 6.45) is 0. The van der Waals surface area contributed by atoms with Crippen molar-refractivity contribution in [3.05, 3.63) is 48.0 Å². The number of rotatable bonds is 5. The van der Waals surface area contributed by atoms with Crippen molar-refractivity contribution in [2.24, 2.45) is 0 Å². The molecule has 0 saturated heterocycles. The van der Waals surface area contributed by atoms with Gasteiger partial charge in [-0.15, -0.1) is 0 Å². The molecule has 0 unspecified atom stereocenters. The lowest BCUT2D eigenvalue weighted by molar-refractivity contribution is 0.306. The minimum Gasteiger partial charge on any atom is -0.497 e. The molecule has 2 aromatic rings. The molecule has 4 heteroatoms. The molecule has 2 rings (SSSR count). The average molecular weight is 259 g/mol. The van der Waals surface area contributed by atoms with Crippen molar-refractivity contribution in [1.29, 1.82) is 0 Å². The first-order chi connectivity index (χ1) is 9.22. The van der Waals surface area contributed by atoms with Gasteiger partial charge in [-0.05, 0) is 29.8 Å². The van der Waals surface area contributed by atoms with Crippen LogP contribution in [0.2, 0.25) is 0 Å². The average Bonchev–Trinajstić information content (AvgIpc) is 2.46. The second-order valence-corrected chi connectivity index (χ2v) is 4.04. The van der Waals surface area contributed by atoms with Crippen LogP contribution in [0.1, 0.15) is 5.56 Å². The standard InChI is InChI=1S/C15H17NO3/c1-17-12-5-3-4-11(8-12)10-19-15-7-6-13(18-2)9-14(15)16/h3-9H,10,16H2,1-2H3. The number of nitrogens with two attached hydrogens (primary N) is 1. The first-order valence-corrected chi connectivity index (χ1v) is 5.92. The summed E-state index contributed by atoms with van der Waals surface area (Å²) in [5.74, 6) is 2.17. The van der Waals surface area contributed by atoms with Gasteiger partial charge in [-0.1, -0.05) is 12.1 Å². The molecule has 2 N–H and O–H groups in total. The molecular formula is C15H17NO3. The van der Waals surface area contributed by atoms with Crippen molar-refractivity contribution in [2.45, 2.75) is 6.61 Å². The molecule has 0 aromatic heterocycles. The van der Waals surface area contributed by atoms with Gasteiger partial charge in [-0.2, -0.15) is 0 Å². The molecule has 0 aliphatic rings. The first-order valence-electron chi connectivity index (χ1n) is 5.92. The molecule has 0 aliphatic carbocycles. The fourth-order valence-corrected chi connectivity index (χ4v) is 1.71. The predicted octanol–water partition coefficient (Wildman–Crippen LogP) is 2.87. The fraction of sp³-hybridized carbons (Fsp3) is 0.200. The molecule has 2 aromatic carbocycles. The maximum atomic E-state index is 5.89. The zero-order chi connectivity index (χ0) is 13.7. The fourth-order valence-electron chi connectivity index (χ4n) is 1.71. The predicted molar refractivity (Wildman–Crippen MR) is 74.7 cm³/mol. The van der Waals surface area contributed by atoms with Crippen LogP contribution in [-0.2, 0) is 6.61 Å². The Labute approximate surface area is 112 Å². The molecule has 100 valence electrons. The lowest BCUT2D eigenvalue weighted by Crippen LogP contribution is -1.99. The molecule has 0 saturated carbocycles. The van der Waals surface area contributed by atoms with Gasteiger partial charge in [0.1, 0.15) is 23.9 Å². The van der Waals surface area contributed by atoms with E-state index in [1.165, 1.54) is 0 Å². The van der Waals surface area contributed by atoms with Crippen LogP contribution in [-0.4, -0.2) is 14.2 Å². The lowest BCUT2D eigenvalue weighted by Gasteiger charge is -2.10. The number of anilines is 1. The molecule has 4 nitrogen and oxygen atoms in total. The number of methoxy groups -OCH3 is 2. The topological polar surface area (TPSA) is 53.7 Å². The number of benzene rings is 2. The largest absolute Gasteiger partial charge is 0.497 e. The number of ether oxygens (including phenoxy) is 3. The number of nitrogen functional groups attached to an aromatic ring is 1. The van der Waals surface area contributed by atoms with Crippen LogP contribution in [0, 0.1) is 0 Å². The Morgan fingerprint density at radius 1 is 0.947 bits per heavy atom. The van der Waals surface area contributed by atoms with E-state index in [-0.39, 0.29) is 0 Å². The second kappa shape index (κ2) is 6.00. The van der Waals surface area contributed by atoms with Gasteiger partial charge in [0.2, 0.25) is 0 Å². The maximum Gasteiger partial charge on any atom is 0.142 e. The third kappa shape index (κ3) is 3.31. The van der Waals surface area contributed by atoms with E-state index in [2.05, 4.69) is 0 Å². The van der Waals surface area contributed by atoms with Crippen LogP contribution < -0.4 is 19.9 Å². The van der Waals surface area contributed by atoms with Gasteiger partial charge in [0, 0.05) is 6.07 Å². The van der Waals surface area contributed by atoms with E-state index in [9.17, 15) is 0 Å². The van der Waals surface area contributed by atoms with Crippen LogP contribution in [0.3, 0.4) is 0 Å². The summed E-state index contributed by atoms with van der Waals surface area (Å²) in [7, 11) is 3.24.